The maximum atomic E-state index is 12.7. The normalized spacial score (nSPS) is 8.38. The maximum absolute atomic E-state index is 12.7. The van der Waals surface area contributed by atoms with Crippen LogP contribution in [-0.2, 0) is 21.1 Å². The molecule has 1 rings (SSSR count). The van der Waals surface area contributed by atoms with Crippen molar-refractivity contribution in [2.24, 2.45) is 0 Å². The van der Waals surface area contributed by atoms with E-state index in [2.05, 4.69) is 24.4 Å². The van der Waals surface area contributed by atoms with Gasteiger partial charge in [0.05, 0.1) is 7.11 Å². The minimum atomic E-state index is -0.670. The molecular formula is C8H6BrFO2Zn. The van der Waals surface area contributed by atoms with Crippen molar-refractivity contribution in [1.29, 1.82) is 0 Å². The van der Waals surface area contributed by atoms with E-state index in [-0.39, 0.29) is 5.56 Å². The number of hydrogen-bond donors (Lipinski definition) is 0. The van der Waals surface area contributed by atoms with Crippen LogP contribution in [0.4, 0.5) is 4.39 Å². The molecule has 0 heterocycles. The van der Waals surface area contributed by atoms with E-state index in [1.165, 1.54) is 35.6 Å². The van der Waals surface area contributed by atoms with E-state index >= 15 is 0 Å². The van der Waals surface area contributed by atoms with Crippen LogP contribution in [0.5, 0.6) is 0 Å². The number of carbonyl (C=O) groups is 1. The van der Waals surface area contributed by atoms with Crippen molar-refractivity contribution < 1.29 is 30.3 Å². The van der Waals surface area contributed by atoms with Crippen molar-refractivity contribution in [2.45, 2.75) is 0 Å². The molecule has 1 aromatic carbocycles. The molecule has 0 aliphatic heterocycles. The van der Waals surface area contributed by atoms with Gasteiger partial charge in [0.25, 0.3) is 0 Å². The zero-order chi connectivity index (χ0) is 10.3. The van der Waals surface area contributed by atoms with E-state index < -0.39 is 11.8 Å². The molecule has 0 aliphatic carbocycles. The Labute approximate surface area is 92.5 Å². The first-order valence-corrected chi connectivity index (χ1v) is 10.2. The van der Waals surface area contributed by atoms with Gasteiger partial charge in [0.15, 0.2) is 0 Å². The Morgan fingerprint density at radius 1 is 1.69 bits per heavy atom. The average molecular weight is 298 g/mol. The number of ether oxygens (including phenoxy) is 1. The van der Waals surface area contributed by atoms with Gasteiger partial charge in [-0.25, -0.2) is 4.79 Å². The van der Waals surface area contributed by atoms with Gasteiger partial charge < -0.3 is 4.74 Å². The Kier molecular flexibility index (Phi) is 7.01. The zero-order valence-electron chi connectivity index (χ0n) is 7.01. The fourth-order valence-electron chi connectivity index (χ4n) is 0.686. The van der Waals surface area contributed by atoms with Gasteiger partial charge in [-0.3, -0.25) is 4.39 Å². The van der Waals surface area contributed by atoms with Gasteiger partial charge in [0.2, 0.25) is 0 Å². The third-order valence-corrected chi connectivity index (χ3v) is 1.22. The first-order valence-electron chi connectivity index (χ1n) is 3.26. The van der Waals surface area contributed by atoms with Crippen LogP contribution in [0.3, 0.4) is 0 Å². The molecule has 5 heteroatoms. The zero-order valence-corrected chi connectivity index (χ0v) is 11.6. The van der Waals surface area contributed by atoms with Crippen LogP contribution in [0.15, 0.2) is 18.2 Å². The summed E-state index contributed by atoms with van der Waals surface area (Å²) in [6, 6.07) is 6.36. The number of halogens is 2. The second-order valence-corrected chi connectivity index (χ2v) is 1.90. The summed E-state index contributed by atoms with van der Waals surface area (Å²) in [5.41, 5.74) is -0.0637. The van der Waals surface area contributed by atoms with Crippen LogP contribution in [0.2, 0.25) is 0 Å². The molecule has 0 bridgehead atoms. The van der Waals surface area contributed by atoms with Gasteiger partial charge in [0.1, 0.15) is 0 Å². The van der Waals surface area contributed by atoms with Gasteiger partial charge in [0, 0.05) is 5.82 Å². The molecule has 0 spiro atoms. The fourth-order valence-corrected chi connectivity index (χ4v) is 0.686. The third kappa shape index (κ3) is 3.96. The summed E-state index contributed by atoms with van der Waals surface area (Å²) in [6.45, 7) is 0. The van der Waals surface area contributed by atoms with Gasteiger partial charge in [-0.2, -0.15) is 18.2 Å². The summed E-state index contributed by atoms with van der Waals surface area (Å²) in [6.07, 6.45) is 0. The summed E-state index contributed by atoms with van der Waals surface area (Å²) in [5.74, 6) is -1.28. The molecule has 0 N–H and O–H groups in total. The van der Waals surface area contributed by atoms with Crippen molar-refractivity contribution in [1.82, 2.24) is 0 Å². The van der Waals surface area contributed by atoms with Crippen LogP contribution in [0, 0.1) is 11.9 Å². The molecule has 0 radical (unpaired) electrons. The summed E-state index contributed by atoms with van der Waals surface area (Å²) in [7, 11) is 1.21. The second-order valence-electron chi connectivity index (χ2n) is 1.90. The summed E-state index contributed by atoms with van der Waals surface area (Å²) in [4.78, 5) is 10.8. The van der Waals surface area contributed by atoms with Crippen LogP contribution < -0.4 is 0 Å². The topological polar surface area (TPSA) is 26.3 Å². The van der Waals surface area contributed by atoms with E-state index in [4.69, 9.17) is 0 Å². The van der Waals surface area contributed by atoms with Gasteiger partial charge in [-0.1, -0.05) is 0 Å². The Balaban J connectivity index is 0.000000671. The van der Waals surface area contributed by atoms with Gasteiger partial charge in [-0.15, -0.1) is 6.07 Å². The third-order valence-electron chi connectivity index (χ3n) is 1.22. The number of carbonyl (C=O) groups excluding carboxylic acids is 1. The van der Waals surface area contributed by atoms with Crippen molar-refractivity contribution in [3.8, 4) is 0 Å². The molecule has 66 valence electrons. The molecule has 13 heavy (non-hydrogen) atoms. The molecule has 0 amide bonds. The molecular weight excluding hydrogens is 292 g/mol. The van der Waals surface area contributed by atoms with E-state index in [0.29, 0.717) is 0 Å². The summed E-state index contributed by atoms with van der Waals surface area (Å²) < 4.78 is 17.0. The molecule has 0 saturated carbocycles. The molecule has 0 unspecified atom stereocenters. The molecule has 1 aromatic rings. The Morgan fingerprint density at radius 3 is 2.77 bits per heavy atom. The predicted molar refractivity (Wildman–Crippen MR) is 45.5 cm³/mol. The quantitative estimate of drug-likeness (QED) is 0.452. The number of rotatable bonds is 1. The van der Waals surface area contributed by atoms with Crippen molar-refractivity contribution >= 4 is 19.6 Å². The summed E-state index contributed by atoms with van der Waals surface area (Å²) in [5, 5.41) is 0. The van der Waals surface area contributed by atoms with Crippen molar-refractivity contribution in [2.75, 3.05) is 7.11 Å². The number of benzene rings is 1. The van der Waals surface area contributed by atoms with E-state index in [0.717, 1.165) is 6.07 Å². The molecule has 0 saturated heterocycles. The molecule has 2 nitrogen and oxygen atoms in total. The minimum absolute atomic E-state index is 0.0637. The van der Waals surface area contributed by atoms with Crippen LogP contribution in [0.25, 0.3) is 0 Å². The number of hydrogen-bond acceptors (Lipinski definition) is 2. The first kappa shape index (κ1) is 12.7. The van der Waals surface area contributed by atoms with Crippen LogP contribution >= 0.6 is 13.6 Å². The first-order chi connectivity index (χ1) is 6.25. The van der Waals surface area contributed by atoms with E-state index in [1.807, 2.05) is 0 Å². The molecule has 0 aliphatic rings. The Hall–Kier alpha value is -0.277. The average Bonchev–Trinajstić information content (AvgIpc) is 2.20. The van der Waals surface area contributed by atoms with Crippen molar-refractivity contribution in [3.05, 3.63) is 35.6 Å². The standard InChI is InChI=1S/C8H6FO2.BrH.Zn/c1-11-8(10)6-4-2-3-5-7(6)9;;/h2,4-5H,1H3;1H;/q-1;;+2/p-1. The van der Waals surface area contributed by atoms with E-state index in [1.54, 1.807) is 0 Å². The Bertz CT molecular complexity index is 281. The molecule has 0 aromatic heterocycles. The monoisotopic (exact) mass is 296 g/mol. The number of esters is 1. The van der Waals surface area contributed by atoms with Crippen molar-refractivity contribution in [3.63, 3.8) is 0 Å². The molecule has 0 atom stereocenters. The van der Waals surface area contributed by atoms with Crippen LogP contribution in [-0.4, -0.2) is 13.1 Å². The number of methoxy groups -OCH3 is 1. The van der Waals surface area contributed by atoms with Crippen LogP contribution in [0.1, 0.15) is 10.4 Å². The second kappa shape index (κ2) is 7.16. The van der Waals surface area contributed by atoms with Gasteiger partial charge >= 0.3 is 35.9 Å². The summed E-state index contributed by atoms with van der Waals surface area (Å²) >= 11 is 4.25. The predicted octanol–water partition coefficient (Wildman–Crippen LogP) is 2.26. The SMILES string of the molecule is COC(=O)c1cc[c-]cc1F.[Zn+][Br]. The fraction of sp³-hybridized carbons (Fsp3) is 0.125. The molecule has 0 fully saturated rings. The van der Waals surface area contributed by atoms with E-state index in [9.17, 15) is 9.18 Å². The van der Waals surface area contributed by atoms with Gasteiger partial charge in [-0.05, 0) is 5.56 Å². The Morgan fingerprint density at radius 2 is 2.31 bits per heavy atom.